The first-order valence-corrected chi connectivity index (χ1v) is 20.6. The number of benzene rings is 4. The van der Waals surface area contributed by atoms with Gasteiger partial charge in [0, 0.05) is 17.3 Å². The number of amides is 2. The van der Waals surface area contributed by atoms with Gasteiger partial charge in [-0.3, -0.25) is 9.59 Å². The van der Waals surface area contributed by atoms with E-state index in [9.17, 15) is 71.4 Å². The molecule has 292 valence electrons. The van der Waals surface area contributed by atoms with E-state index < -0.39 is 97.1 Å². The van der Waals surface area contributed by atoms with Crippen LogP contribution < -0.4 is 138 Å². The van der Waals surface area contributed by atoms with Crippen molar-refractivity contribution in [2.45, 2.75) is 44.9 Å². The topological polar surface area (TPSA) is 343 Å². The Hall–Kier alpha value is -0.950. The van der Waals surface area contributed by atoms with Crippen LogP contribution in [-0.2, 0) is 54.9 Å². The summed E-state index contributed by atoms with van der Waals surface area (Å²) in [6.07, 6.45) is 0.179. The minimum Gasteiger partial charge on any atom is -0.744 e. The van der Waals surface area contributed by atoms with Crippen molar-refractivity contribution in [3.63, 3.8) is 0 Å². The Bertz CT molecular complexity index is 2600. The molecule has 0 bridgehead atoms. The van der Waals surface area contributed by atoms with E-state index in [1.54, 1.807) is 0 Å². The molecule has 0 heterocycles. The van der Waals surface area contributed by atoms with Crippen LogP contribution in [0.4, 0.5) is 0 Å². The Morgan fingerprint density at radius 1 is 0.569 bits per heavy atom. The maximum atomic E-state index is 12.6. The fraction of sp³-hybridized carbons (Fsp3) is 0.233. The first-order chi connectivity index (χ1) is 24.9. The van der Waals surface area contributed by atoms with E-state index in [-0.39, 0.29) is 177 Å². The van der Waals surface area contributed by atoms with E-state index in [1.807, 2.05) is 0 Å². The zero-order chi connectivity index (χ0) is 40.2. The van der Waals surface area contributed by atoms with Gasteiger partial charge in [-0.15, -0.1) is 0 Å². The van der Waals surface area contributed by atoms with Gasteiger partial charge in [-0.25, -0.2) is 38.5 Å². The van der Waals surface area contributed by atoms with Crippen LogP contribution in [0, 0.1) is 0 Å². The minimum absolute atomic E-state index is 0. The Balaban J connectivity index is 0.00000812. The molecule has 4 aromatic carbocycles. The van der Waals surface area contributed by atoms with Gasteiger partial charge in [0.05, 0.1) is 19.6 Å². The molecule has 0 saturated heterocycles. The van der Waals surface area contributed by atoms with Gasteiger partial charge in [0.15, 0.2) is 13.2 Å². The van der Waals surface area contributed by atoms with Crippen molar-refractivity contribution < 1.29 is 199 Å². The van der Waals surface area contributed by atoms with Gasteiger partial charge in [0.2, 0.25) is 0 Å². The first kappa shape index (κ1) is 57.1. The second-order valence-electron chi connectivity index (χ2n) is 11.3. The van der Waals surface area contributed by atoms with Crippen molar-refractivity contribution in [2.24, 2.45) is 0 Å². The van der Waals surface area contributed by atoms with Crippen LogP contribution in [0.15, 0.2) is 80.2 Å². The number of hydrogen-bond donors (Lipinski definition) is 3. The molecule has 58 heavy (non-hydrogen) atoms. The molecule has 0 aliphatic heterocycles. The zero-order valence-electron chi connectivity index (χ0n) is 31.1. The van der Waals surface area contributed by atoms with Crippen LogP contribution in [0.3, 0.4) is 0 Å². The van der Waals surface area contributed by atoms with Crippen LogP contribution in [0.25, 0.3) is 21.5 Å². The van der Waals surface area contributed by atoms with Crippen LogP contribution in [-0.4, -0.2) is 101 Å². The predicted molar refractivity (Wildman–Crippen MR) is 177 cm³/mol. The Morgan fingerprint density at radius 3 is 1.33 bits per heavy atom. The standard InChI is InChI=1S/C30H30N2O18S4.4Na/c33-28(15-49-26-13-21(53(43,44)45)11-17-9-19(51(37,38)39)4-6-23(17)26)31-8-2-1-3-25(30(35)36)32-29(34)16-50-27-14-22(54(46,47)48)12-18-10-20(52(40,41)42)5-7-24(18)27;;;;/h4-7,9-14,25H,1-3,8,15-16H2,(H,31,33)(H,32,34)(H,35,36)(H,37,38,39)(H,40,41,42)(H,43,44,45)(H,46,47,48);;;;/q;4*+1/p-4/t25-;;;;/m0..../s1. The number of carboxylic acid groups (broad SMARTS) is 1. The van der Waals surface area contributed by atoms with Crippen LogP contribution in [0.5, 0.6) is 11.5 Å². The van der Waals surface area contributed by atoms with Crippen molar-refractivity contribution in [3.8, 4) is 11.5 Å². The second kappa shape index (κ2) is 23.5. The summed E-state index contributed by atoms with van der Waals surface area (Å²) < 4.78 is 149. The number of ether oxygens (including phenoxy) is 2. The number of carbonyl (C=O) groups excluding carboxylic acids is 2. The summed E-state index contributed by atoms with van der Waals surface area (Å²) in [7, 11) is -20.1. The maximum absolute atomic E-state index is 12.6. The van der Waals surface area contributed by atoms with Gasteiger partial charge in [0.25, 0.3) is 11.8 Å². The molecule has 4 aromatic rings. The third-order valence-corrected chi connectivity index (χ3v) is 10.8. The van der Waals surface area contributed by atoms with E-state index in [4.69, 9.17) is 9.47 Å². The molecule has 0 spiro atoms. The fourth-order valence-electron chi connectivity index (χ4n) is 4.94. The number of hydrogen-bond acceptors (Lipinski definition) is 17. The summed E-state index contributed by atoms with van der Waals surface area (Å²) in [4.78, 5) is 33.6. The molecule has 20 nitrogen and oxygen atoms in total. The number of carbonyl (C=O) groups is 3. The van der Waals surface area contributed by atoms with Crippen molar-refractivity contribution in [2.75, 3.05) is 19.8 Å². The number of rotatable bonds is 17. The SMILES string of the molecule is O=C(COc1cc(S(=O)(=O)[O-])cc2cc(S(=O)(=O)[O-])ccc12)NCCCC[C@H](NC(=O)COc1cc(S(=O)(=O)[O-])cc2cc(S(=O)(=O)[O-])ccc12)C(=O)O.[Na+].[Na+].[Na+].[Na+]. The van der Waals surface area contributed by atoms with E-state index in [2.05, 4.69) is 10.6 Å². The zero-order valence-corrected chi connectivity index (χ0v) is 42.4. The predicted octanol–water partition coefficient (Wildman–Crippen LogP) is -12.1. The van der Waals surface area contributed by atoms with Gasteiger partial charge in [-0.1, -0.05) is 0 Å². The average Bonchev–Trinajstić information content (AvgIpc) is 3.06. The molecule has 28 heteroatoms. The molecule has 0 saturated carbocycles. The first-order valence-electron chi connectivity index (χ1n) is 15.0. The van der Waals surface area contributed by atoms with Crippen molar-refractivity contribution in [1.82, 2.24) is 10.6 Å². The maximum Gasteiger partial charge on any atom is 1.00 e. The van der Waals surface area contributed by atoms with Crippen LogP contribution in [0.2, 0.25) is 0 Å². The fourth-order valence-corrected chi connectivity index (χ4v) is 7.00. The number of aliphatic carboxylic acids is 1. The van der Waals surface area contributed by atoms with Crippen LogP contribution in [0.1, 0.15) is 19.3 Å². The Kier molecular flexibility index (Phi) is 23.1. The Labute approximate surface area is 420 Å². The largest absolute Gasteiger partial charge is 1.00 e. The summed E-state index contributed by atoms with van der Waals surface area (Å²) in [5.41, 5.74) is 0. The minimum atomic E-state index is -5.12. The van der Waals surface area contributed by atoms with Crippen molar-refractivity contribution in [3.05, 3.63) is 60.7 Å². The summed E-state index contributed by atoms with van der Waals surface area (Å²) >= 11 is 0. The van der Waals surface area contributed by atoms with Crippen molar-refractivity contribution >= 4 is 79.8 Å². The monoisotopic (exact) mass is 922 g/mol. The van der Waals surface area contributed by atoms with Gasteiger partial charge >= 0.3 is 124 Å². The molecular weight excluding hydrogens is 897 g/mol. The molecule has 4 rings (SSSR count). The molecule has 1 atom stereocenters. The summed E-state index contributed by atoms with van der Waals surface area (Å²) in [6.45, 7) is -1.60. The molecule has 0 aliphatic carbocycles. The molecule has 0 fully saturated rings. The third-order valence-electron chi connectivity index (χ3n) is 7.47. The molecule has 0 unspecified atom stereocenters. The van der Waals surface area contributed by atoms with E-state index in [0.29, 0.717) is 0 Å². The summed E-state index contributed by atoms with van der Waals surface area (Å²) in [5.74, 6) is -3.80. The average molecular weight is 923 g/mol. The molecule has 0 radical (unpaired) electrons. The quantitative estimate of drug-likeness (QED) is 0.0503. The van der Waals surface area contributed by atoms with Gasteiger partial charge in [-0.05, 0) is 90.7 Å². The number of fused-ring (bicyclic) bond motifs is 2. The van der Waals surface area contributed by atoms with E-state index >= 15 is 0 Å². The van der Waals surface area contributed by atoms with Crippen LogP contribution >= 0.6 is 0 Å². The molecule has 2 amide bonds. The number of nitrogens with one attached hydrogen (secondary N) is 2. The number of carboxylic acids is 1. The number of unbranched alkanes of at least 4 members (excludes halogenated alkanes) is 1. The van der Waals surface area contributed by atoms with Gasteiger partial charge in [0.1, 0.15) is 58.0 Å². The van der Waals surface area contributed by atoms with Gasteiger partial charge in [-0.2, -0.15) is 0 Å². The molecule has 3 N–H and O–H groups in total. The van der Waals surface area contributed by atoms with E-state index in [0.717, 1.165) is 60.7 Å². The summed E-state index contributed by atoms with van der Waals surface area (Å²) in [5, 5.41) is 14.0. The van der Waals surface area contributed by atoms with Gasteiger partial charge < -0.3 is 43.4 Å². The van der Waals surface area contributed by atoms with E-state index in [1.165, 1.54) is 0 Å². The second-order valence-corrected chi connectivity index (χ2v) is 16.8. The molecule has 0 aromatic heterocycles. The molecular formula is C30H26N2Na4O18S4. The molecule has 0 aliphatic rings. The Morgan fingerprint density at radius 2 is 0.948 bits per heavy atom. The third kappa shape index (κ3) is 16.4. The smallest absolute Gasteiger partial charge is 0.744 e. The normalized spacial score (nSPS) is 12.1. The van der Waals surface area contributed by atoms with Crippen molar-refractivity contribution in [1.29, 1.82) is 0 Å². The summed E-state index contributed by atoms with van der Waals surface area (Å²) in [6, 6.07) is 7.49.